The molecule has 2 aromatic rings. The molecule has 1 aromatic carbocycles. The second-order valence-corrected chi connectivity index (χ2v) is 7.36. The third-order valence-electron chi connectivity index (χ3n) is 3.18. The summed E-state index contributed by atoms with van der Waals surface area (Å²) in [7, 11) is -0.761. The third kappa shape index (κ3) is 3.16. The number of benzene rings is 1. The zero-order chi connectivity index (χ0) is 16.5. The predicted octanol–water partition coefficient (Wildman–Crippen LogP) is 0.850. The molecule has 2 rings (SSSR count). The molecule has 0 saturated heterocycles. The van der Waals surface area contributed by atoms with E-state index in [4.69, 9.17) is 22.4 Å². The number of hydrogen-bond donors (Lipinski definition) is 2. The normalized spacial score (nSPS) is 13.5. The summed E-state index contributed by atoms with van der Waals surface area (Å²) in [5.74, 6) is 0. The Morgan fingerprint density at radius 2 is 2.14 bits per heavy atom. The number of aliphatic hydroxyl groups is 1. The van der Waals surface area contributed by atoms with Gasteiger partial charge in [0.15, 0.2) is 0 Å². The lowest BCUT2D eigenvalue weighted by Crippen LogP contribution is -2.27. The van der Waals surface area contributed by atoms with Crippen LogP contribution in [-0.2, 0) is 10.2 Å². The van der Waals surface area contributed by atoms with Crippen LogP contribution in [0.25, 0.3) is 11.3 Å². The number of aromatic nitrogens is 2. The quantitative estimate of drug-likeness (QED) is 0.837. The number of hydrogen-bond acceptors (Lipinski definition) is 5. The molecule has 0 unspecified atom stereocenters. The molecule has 0 aliphatic carbocycles. The fraction of sp³-hybridized carbons (Fsp3) is 0.308. The molecule has 0 aliphatic heterocycles. The van der Waals surface area contributed by atoms with E-state index in [1.54, 1.807) is 18.2 Å². The van der Waals surface area contributed by atoms with Crippen molar-refractivity contribution in [3.8, 4) is 11.3 Å². The number of halogens is 1. The van der Waals surface area contributed by atoms with Gasteiger partial charge in [-0.15, -0.1) is 0 Å². The lowest BCUT2D eigenvalue weighted by Gasteiger charge is -2.11. The van der Waals surface area contributed by atoms with E-state index in [1.165, 1.54) is 26.6 Å². The molecule has 0 aliphatic rings. The average Bonchev–Trinajstić information content (AvgIpc) is 2.97. The van der Waals surface area contributed by atoms with Gasteiger partial charge in [0.1, 0.15) is 6.33 Å². The summed E-state index contributed by atoms with van der Waals surface area (Å²) in [5.41, 5.74) is 7.43. The van der Waals surface area contributed by atoms with Gasteiger partial charge < -0.3 is 10.8 Å². The highest BCUT2D eigenvalue weighted by Crippen LogP contribution is 2.29. The van der Waals surface area contributed by atoms with Crippen molar-refractivity contribution >= 4 is 21.8 Å². The zero-order valence-electron chi connectivity index (χ0n) is 12.1. The molecule has 9 heteroatoms. The molecule has 7 nitrogen and oxygen atoms in total. The zero-order valence-corrected chi connectivity index (χ0v) is 13.7. The number of nitrogens with two attached hydrogens (primary N) is 1. The highest BCUT2D eigenvalue weighted by atomic mass is 35.5. The molecule has 0 saturated carbocycles. The first-order valence-electron chi connectivity index (χ1n) is 6.40. The second-order valence-electron chi connectivity index (χ2n) is 4.91. The van der Waals surface area contributed by atoms with E-state index in [9.17, 15) is 8.42 Å². The summed E-state index contributed by atoms with van der Waals surface area (Å²) in [4.78, 5) is 4.09. The summed E-state index contributed by atoms with van der Waals surface area (Å²) in [6, 6.07) is 4.50. The molecular formula is C13H17ClN4O3S. The van der Waals surface area contributed by atoms with E-state index < -0.39 is 16.3 Å². The van der Waals surface area contributed by atoms with Crippen LogP contribution in [0, 0.1) is 0 Å². The average molecular weight is 345 g/mol. The summed E-state index contributed by atoms with van der Waals surface area (Å²) in [6.07, 6.45) is 2.59. The maximum Gasteiger partial charge on any atom is 0.308 e. The number of rotatable bonds is 5. The van der Waals surface area contributed by atoms with Crippen molar-refractivity contribution in [1.29, 1.82) is 0 Å². The molecule has 0 spiro atoms. The van der Waals surface area contributed by atoms with Crippen LogP contribution in [0.5, 0.6) is 0 Å². The summed E-state index contributed by atoms with van der Waals surface area (Å²) in [6.45, 7) is -0.204. The predicted molar refractivity (Wildman–Crippen MR) is 84.7 cm³/mol. The van der Waals surface area contributed by atoms with Crippen molar-refractivity contribution in [2.75, 3.05) is 20.7 Å². The van der Waals surface area contributed by atoms with Gasteiger partial charge in [0, 0.05) is 25.9 Å². The van der Waals surface area contributed by atoms with E-state index in [0.717, 1.165) is 8.28 Å². The molecule has 1 heterocycles. The van der Waals surface area contributed by atoms with E-state index in [0.29, 0.717) is 21.8 Å². The molecule has 22 heavy (non-hydrogen) atoms. The van der Waals surface area contributed by atoms with Crippen LogP contribution in [-0.4, -0.2) is 47.5 Å². The SMILES string of the molecule is CN(C)S(=O)(=O)n1cnc(-c2cc([C@H](N)CO)ccc2Cl)c1. The summed E-state index contributed by atoms with van der Waals surface area (Å²) < 4.78 is 26.2. The molecule has 1 atom stereocenters. The highest BCUT2D eigenvalue weighted by Gasteiger charge is 2.18. The standard InChI is InChI=1S/C13H17ClN4O3S/c1-17(2)22(20,21)18-6-13(16-8-18)10-5-9(12(15)7-19)3-4-11(10)14/h3-6,8,12,19H,7,15H2,1-2H3/t12-/m1/s1. The molecule has 3 N–H and O–H groups in total. The molecule has 0 radical (unpaired) electrons. The van der Waals surface area contributed by atoms with Crippen molar-refractivity contribution in [3.05, 3.63) is 41.3 Å². The minimum Gasteiger partial charge on any atom is -0.394 e. The van der Waals surface area contributed by atoms with E-state index in [-0.39, 0.29) is 6.61 Å². The van der Waals surface area contributed by atoms with Gasteiger partial charge in [0.05, 0.1) is 23.4 Å². The molecular weight excluding hydrogens is 328 g/mol. The first-order chi connectivity index (χ1) is 10.3. The van der Waals surface area contributed by atoms with Crippen LogP contribution in [0.3, 0.4) is 0 Å². The van der Waals surface area contributed by atoms with Gasteiger partial charge >= 0.3 is 10.2 Å². The maximum atomic E-state index is 12.0. The topological polar surface area (TPSA) is 101 Å². The molecule has 120 valence electrons. The Kier molecular flexibility index (Phi) is 4.88. The van der Waals surface area contributed by atoms with Crippen LogP contribution in [0.15, 0.2) is 30.7 Å². The van der Waals surface area contributed by atoms with E-state index in [1.807, 2.05) is 0 Å². The number of nitrogens with zero attached hydrogens (tertiary/aromatic N) is 3. The first-order valence-corrected chi connectivity index (χ1v) is 8.18. The van der Waals surface area contributed by atoms with Crippen LogP contribution < -0.4 is 5.73 Å². The van der Waals surface area contributed by atoms with Crippen LogP contribution in [0.2, 0.25) is 5.02 Å². The molecule has 0 fully saturated rings. The summed E-state index contributed by atoms with van der Waals surface area (Å²) >= 11 is 6.15. The van der Waals surface area contributed by atoms with Crippen molar-refractivity contribution in [2.24, 2.45) is 5.73 Å². The highest BCUT2D eigenvalue weighted by molar-refractivity contribution is 7.87. The van der Waals surface area contributed by atoms with Gasteiger partial charge in [-0.1, -0.05) is 17.7 Å². The van der Waals surface area contributed by atoms with Gasteiger partial charge in [0.2, 0.25) is 0 Å². The maximum absolute atomic E-state index is 12.0. The fourth-order valence-electron chi connectivity index (χ4n) is 1.84. The lowest BCUT2D eigenvalue weighted by molar-refractivity contribution is 0.268. The van der Waals surface area contributed by atoms with E-state index in [2.05, 4.69) is 4.98 Å². The first kappa shape index (κ1) is 16.9. The van der Waals surface area contributed by atoms with Crippen molar-refractivity contribution in [2.45, 2.75) is 6.04 Å². The van der Waals surface area contributed by atoms with Gasteiger partial charge in [-0.3, -0.25) is 0 Å². The Bertz CT molecular complexity index is 773. The van der Waals surface area contributed by atoms with E-state index >= 15 is 0 Å². The minimum atomic E-state index is -3.63. The molecule has 0 amide bonds. The lowest BCUT2D eigenvalue weighted by atomic mass is 10.0. The number of imidazole rings is 1. The largest absolute Gasteiger partial charge is 0.394 e. The second kappa shape index (κ2) is 6.35. The molecule has 1 aromatic heterocycles. The summed E-state index contributed by atoms with van der Waals surface area (Å²) in [5, 5.41) is 9.55. The Morgan fingerprint density at radius 3 is 2.73 bits per heavy atom. The molecule has 0 bridgehead atoms. The van der Waals surface area contributed by atoms with Crippen LogP contribution in [0.1, 0.15) is 11.6 Å². The smallest absolute Gasteiger partial charge is 0.308 e. The van der Waals surface area contributed by atoms with Crippen molar-refractivity contribution in [3.63, 3.8) is 0 Å². The van der Waals surface area contributed by atoms with Gasteiger partial charge in [0.25, 0.3) is 0 Å². The Balaban J connectivity index is 2.48. The Hall–Kier alpha value is -1.45. The Labute approximate surface area is 134 Å². The van der Waals surface area contributed by atoms with Crippen LogP contribution >= 0.6 is 11.6 Å². The Morgan fingerprint density at radius 1 is 1.45 bits per heavy atom. The van der Waals surface area contributed by atoms with Crippen molar-refractivity contribution < 1.29 is 13.5 Å². The van der Waals surface area contributed by atoms with Crippen molar-refractivity contribution in [1.82, 2.24) is 13.3 Å². The van der Waals surface area contributed by atoms with Gasteiger partial charge in [-0.05, 0) is 17.7 Å². The van der Waals surface area contributed by atoms with Crippen LogP contribution in [0.4, 0.5) is 0 Å². The number of aliphatic hydroxyl groups excluding tert-OH is 1. The minimum absolute atomic E-state index is 0.204. The van der Waals surface area contributed by atoms with Gasteiger partial charge in [-0.2, -0.15) is 12.7 Å². The monoisotopic (exact) mass is 344 g/mol. The third-order valence-corrected chi connectivity index (χ3v) is 5.16. The van der Waals surface area contributed by atoms with Gasteiger partial charge in [-0.25, -0.2) is 8.96 Å². The fourth-order valence-corrected chi connectivity index (χ4v) is 2.83.